The smallest absolute Gasteiger partial charge is 0.239 e. The standard InChI is InChI=1S/C16H18ClN3O3/c17-13-4-2-1-3-11(13)8-20-9-12(7-15(20)22)16(23)19-6-5-18-14(21)10-19/h1-4,12H,5-10H2,(H,18,21)/t12-/m0/s1. The van der Waals surface area contributed by atoms with Gasteiger partial charge in [0.05, 0.1) is 12.5 Å². The molecule has 2 fully saturated rings. The van der Waals surface area contributed by atoms with Gasteiger partial charge in [-0.25, -0.2) is 0 Å². The molecular formula is C16H18ClN3O3. The Labute approximate surface area is 139 Å². The van der Waals surface area contributed by atoms with E-state index in [-0.39, 0.29) is 36.6 Å². The molecule has 2 saturated heterocycles. The number of halogens is 1. The molecule has 1 atom stereocenters. The molecule has 2 aliphatic rings. The number of piperazine rings is 1. The number of amides is 3. The first kappa shape index (κ1) is 15.8. The Morgan fingerprint density at radius 3 is 2.83 bits per heavy atom. The summed E-state index contributed by atoms with van der Waals surface area (Å²) in [5, 5.41) is 3.30. The summed E-state index contributed by atoms with van der Waals surface area (Å²) in [6, 6.07) is 7.37. The van der Waals surface area contributed by atoms with Gasteiger partial charge in [-0.1, -0.05) is 29.8 Å². The zero-order valence-electron chi connectivity index (χ0n) is 12.6. The second kappa shape index (κ2) is 6.58. The number of carbonyl (C=O) groups excluding carboxylic acids is 3. The Balaban J connectivity index is 1.64. The third kappa shape index (κ3) is 3.47. The van der Waals surface area contributed by atoms with Crippen molar-refractivity contribution in [1.29, 1.82) is 0 Å². The van der Waals surface area contributed by atoms with Gasteiger partial charge in [0.15, 0.2) is 0 Å². The molecule has 0 radical (unpaired) electrons. The Hall–Kier alpha value is -2.08. The molecule has 1 aromatic rings. The molecule has 0 aromatic heterocycles. The SMILES string of the molecule is O=C1CN(C(=O)[C@H]2CC(=O)N(Cc3ccccc3Cl)C2)CCN1. The summed E-state index contributed by atoms with van der Waals surface area (Å²) in [4.78, 5) is 39.3. The summed E-state index contributed by atoms with van der Waals surface area (Å²) >= 11 is 6.13. The third-order valence-corrected chi connectivity index (χ3v) is 4.60. The number of likely N-dealkylation sites (tertiary alicyclic amines) is 1. The zero-order chi connectivity index (χ0) is 16.4. The van der Waals surface area contributed by atoms with Crippen LogP contribution in [0, 0.1) is 5.92 Å². The highest BCUT2D eigenvalue weighted by Crippen LogP contribution is 2.24. The molecule has 0 spiro atoms. The molecule has 2 aliphatic heterocycles. The van der Waals surface area contributed by atoms with Crippen LogP contribution in [0.5, 0.6) is 0 Å². The van der Waals surface area contributed by atoms with E-state index in [0.29, 0.717) is 31.2 Å². The van der Waals surface area contributed by atoms with Gasteiger partial charge in [0.25, 0.3) is 0 Å². The molecule has 3 amide bonds. The van der Waals surface area contributed by atoms with E-state index in [1.165, 1.54) is 4.90 Å². The van der Waals surface area contributed by atoms with Gasteiger partial charge in [-0.05, 0) is 11.6 Å². The summed E-state index contributed by atoms with van der Waals surface area (Å²) in [6.45, 7) is 1.83. The van der Waals surface area contributed by atoms with E-state index < -0.39 is 0 Å². The summed E-state index contributed by atoms with van der Waals surface area (Å²) in [7, 11) is 0. The highest BCUT2D eigenvalue weighted by molar-refractivity contribution is 6.31. The van der Waals surface area contributed by atoms with Crippen LogP contribution < -0.4 is 5.32 Å². The average molecular weight is 336 g/mol. The van der Waals surface area contributed by atoms with Crippen LogP contribution in [0.1, 0.15) is 12.0 Å². The van der Waals surface area contributed by atoms with Crippen LogP contribution in [-0.4, -0.2) is 53.7 Å². The summed E-state index contributed by atoms with van der Waals surface area (Å²) in [6.07, 6.45) is 0.196. The van der Waals surface area contributed by atoms with E-state index >= 15 is 0 Å². The molecule has 1 N–H and O–H groups in total. The lowest BCUT2D eigenvalue weighted by Crippen LogP contribution is -2.51. The van der Waals surface area contributed by atoms with Gasteiger partial charge in [-0.3, -0.25) is 14.4 Å². The summed E-state index contributed by atoms with van der Waals surface area (Å²) in [5.74, 6) is -0.697. The lowest BCUT2D eigenvalue weighted by Gasteiger charge is -2.28. The number of nitrogens with one attached hydrogen (secondary N) is 1. The largest absolute Gasteiger partial charge is 0.353 e. The van der Waals surface area contributed by atoms with Crippen molar-refractivity contribution in [3.8, 4) is 0 Å². The number of hydrogen-bond acceptors (Lipinski definition) is 3. The van der Waals surface area contributed by atoms with Crippen molar-refractivity contribution in [2.24, 2.45) is 5.92 Å². The molecule has 0 bridgehead atoms. The predicted octanol–water partition coefficient (Wildman–Crippen LogP) is 0.647. The summed E-state index contributed by atoms with van der Waals surface area (Å²) < 4.78 is 0. The van der Waals surface area contributed by atoms with Gasteiger partial charge in [-0.2, -0.15) is 0 Å². The van der Waals surface area contributed by atoms with Crippen molar-refractivity contribution < 1.29 is 14.4 Å². The van der Waals surface area contributed by atoms with Crippen molar-refractivity contribution in [1.82, 2.24) is 15.1 Å². The Morgan fingerprint density at radius 2 is 2.09 bits per heavy atom. The van der Waals surface area contributed by atoms with E-state index in [1.54, 1.807) is 11.0 Å². The highest BCUT2D eigenvalue weighted by atomic mass is 35.5. The van der Waals surface area contributed by atoms with Crippen molar-refractivity contribution in [2.75, 3.05) is 26.2 Å². The van der Waals surface area contributed by atoms with Crippen molar-refractivity contribution in [3.05, 3.63) is 34.9 Å². The average Bonchev–Trinajstić information content (AvgIpc) is 2.90. The monoisotopic (exact) mass is 335 g/mol. The summed E-state index contributed by atoms with van der Waals surface area (Å²) in [5.41, 5.74) is 0.868. The molecule has 7 heteroatoms. The number of hydrogen-bond donors (Lipinski definition) is 1. The van der Waals surface area contributed by atoms with Crippen molar-refractivity contribution in [3.63, 3.8) is 0 Å². The maximum atomic E-state index is 12.5. The van der Waals surface area contributed by atoms with Gasteiger partial charge < -0.3 is 15.1 Å². The Bertz CT molecular complexity index is 649. The van der Waals surface area contributed by atoms with E-state index in [2.05, 4.69) is 5.32 Å². The minimum absolute atomic E-state index is 0.0512. The fraction of sp³-hybridized carbons (Fsp3) is 0.438. The van der Waals surface area contributed by atoms with Crippen LogP contribution in [0.25, 0.3) is 0 Å². The molecule has 122 valence electrons. The second-order valence-corrected chi connectivity index (χ2v) is 6.28. The highest BCUT2D eigenvalue weighted by Gasteiger charge is 2.37. The van der Waals surface area contributed by atoms with Gasteiger partial charge in [-0.15, -0.1) is 0 Å². The van der Waals surface area contributed by atoms with Crippen LogP contribution in [0.15, 0.2) is 24.3 Å². The van der Waals surface area contributed by atoms with E-state index in [9.17, 15) is 14.4 Å². The molecule has 6 nitrogen and oxygen atoms in total. The number of nitrogens with zero attached hydrogens (tertiary/aromatic N) is 2. The minimum atomic E-state index is -0.379. The fourth-order valence-corrected chi connectivity index (χ4v) is 3.20. The topological polar surface area (TPSA) is 69.7 Å². The van der Waals surface area contributed by atoms with Gasteiger partial charge in [0.2, 0.25) is 17.7 Å². The number of rotatable bonds is 3. The molecule has 1 aromatic carbocycles. The molecule has 0 unspecified atom stereocenters. The lowest BCUT2D eigenvalue weighted by molar-refractivity contribution is -0.141. The van der Waals surface area contributed by atoms with Crippen LogP contribution in [-0.2, 0) is 20.9 Å². The second-order valence-electron chi connectivity index (χ2n) is 5.88. The van der Waals surface area contributed by atoms with Crippen LogP contribution >= 0.6 is 11.6 Å². The van der Waals surface area contributed by atoms with E-state index in [0.717, 1.165) is 5.56 Å². The van der Waals surface area contributed by atoms with Crippen LogP contribution in [0.2, 0.25) is 5.02 Å². The van der Waals surface area contributed by atoms with Crippen molar-refractivity contribution in [2.45, 2.75) is 13.0 Å². The maximum absolute atomic E-state index is 12.5. The quantitative estimate of drug-likeness (QED) is 0.881. The van der Waals surface area contributed by atoms with Gasteiger partial charge >= 0.3 is 0 Å². The molecular weight excluding hydrogens is 318 g/mol. The van der Waals surface area contributed by atoms with Gasteiger partial charge in [0, 0.05) is 37.6 Å². The molecule has 23 heavy (non-hydrogen) atoms. The molecule has 2 heterocycles. The number of carbonyl (C=O) groups is 3. The normalized spacial score (nSPS) is 21.5. The predicted molar refractivity (Wildman–Crippen MR) is 84.6 cm³/mol. The lowest BCUT2D eigenvalue weighted by atomic mass is 10.1. The van der Waals surface area contributed by atoms with Gasteiger partial charge in [0.1, 0.15) is 0 Å². The van der Waals surface area contributed by atoms with E-state index in [1.807, 2.05) is 18.2 Å². The molecule has 0 aliphatic carbocycles. The van der Waals surface area contributed by atoms with Crippen molar-refractivity contribution >= 4 is 29.3 Å². The third-order valence-electron chi connectivity index (χ3n) is 4.23. The minimum Gasteiger partial charge on any atom is -0.353 e. The van der Waals surface area contributed by atoms with Crippen LogP contribution in [0.3, 0.4) is 0 Å². The Morgan fingerprint density at radius 1 is 1.30 bits per heavy atom. The zero-order valence-corrected chi connectivity index (χ0v) is 13.4. The first-order valence-electron chi connectivity index (χ1n) is 7.61. The fourth-order valence-electron chi connectivity index (χ4n) is 3.01. The first-order chi connectivity index (χ1) is 11.0. The Kier molecular flexibility index (Phi) is 4.52. The molecule has 0 saturated carbocycles. The number of benzene rings is 1. The van der Waals surface area contributed by atoms with E-state index in [4.69, 9.17) is 11.6 Å². The molecule has 3 rings (SSSR count). The maximum Gasteiger partial charge on any atom is 0.239 e. The first-order valence-corrected chi connectivity index (χ1v) is 7.99. The van der Waals surface area contributed by atoms with Crippen LogP contribution in [0.4, 0.5) is 0 Å².